The Morgan fingerprint density at radius 2 is 2.00 bits per heavy atom. The van der Waals surface area contributed by atoms with Crippen molar-refractivity contribution in [2.45, 2.75) is 38.3 Å². The van der Waals surface area contributed by atoms with Crippen LogP contribution in [-0.2, 0) is 0 Å². The summed E-state index contributed by atoms with van der Waals surface area (Å²) < 4.78 is 0. The van der Waals surface area contributed by atoms with Crippen LogP contribution in [0.5, 0.6) is 0 Å². The summed E-state index contributed by atoms with van der Waals surface area (Å²) in [6.07, 6.45) is 1.19. The van der Waals surface area contributed by atoms with Crippen molar-refractivity contribution < 1.29 is 0 Å². The molecule has 3 unspecified atom stereocenters. The highest BCUT2D eigenvalue weighted by molar-refractivity contribution is 6.31. The van der Waals surface area contributed by atoms with Crippen LogP contribution in [0.25, 0.3) is 0 Å². The molecule has 1 aromatic rings. The monoisotopic (exact) mass is 209 g/mol. The van der Waals surface area contributed by atoms with Crippen LogP contribution in [0.2, 0.25) is 5.02 Å². The van der Waals surface area contributed by atoms with Gasteiger partial charge in [0.15, 0.2) is 0 Å². The second-order valence-electron chi connectivity index (χ2n) is 4.22. The van der Waals surface area contributed by atoms with Gasteiger partial charge >= 0.3 is 0 Å². The van der Waals surface area contributed by atoms with Gasteiger partial charge in [-0.25, -0.2) is 0 Å². The molecule has 0 radical (unpaired) electrons. The van der Waals surface area contributed by atoms with E-state index < -0.39 is 0 Å². The van der Waals surface area contributed by atoms with E-state index in [1.54, 1.807) is 0 Å². The minimum Gasteiger partial charge on any atom is -0.311 e. The predicted octanol–water partition coefficient (Wildman–Crippen LogP) is 3.19. The fourth-order valence-electron chi connectivity index (χ4n) is 2.39. The molecule has 1 aliphatic heterocycles. The molecule has 1 fully saturated rings. The summed E-state index contributed by atoms with van der Waals surface area (Å²) in [5, 5.41) is 4.44. The highest BCUT2D eigenvalue weighted by Crippen LogP contribution is 2.34. The van der Waals surface area contributed by atoms with Gasteiger partial charge in [-0.1, -0.05) is 29.8 Å². The zero-order valence-corrected chi connectivity index (χ0v) is 9.38. The summed E-state index contributed by atoms with van der Waals surface area (Å²) in [4.78, 5) is 0. The third-order valence-corrected chi connectivity index (χ3v) is 3.41. The van der Waals surface area contributed by atoms with Gasteiger partial charge in [-0.3, -0.25) is 0 Å². The maximum atomic E-state index is 6.19. The quantitative estimate of drug-likeness (QED) is 0.749. The summed E-state index contributed by atoms with van der Waals surface area (Å²) in [7, 11) is 0. The van der Waals surface area contributed by atoms with Crippen molar-refractivity contribution in [1.82, 2.24) is 5.32 Å². The van der Waals surface area contributed by atoms with Gasteiger partial charge in [0.1, 0.15) is 0 Å². The lowest BCUT2D eigenvalue weighted by atomic mass is 9.92. The van der Waals surface area contributed by atoms with Crippen molar-refractivity contribution in [3.05, 3.63) is 34.9 Å². The van der Waals surface area contributed by atoms with Crippen molar-refractivity contribution in [3.63, 3.8) is 0 Å². The van der Waals surface area contributed by atoms with Crippen molar-refractivity contribution in [2.75, 3.05) is 0 Å². The standard InChI is InChI=1S/C12H16ClN/c1-8-7-11(9(2)14-8)10-5-3-4-6-12(10)13/h3-6,8-9,11,14H,7H2,1-2H3. The molecule has 0 bridgehead atoms. The summed E-state index contributed by atoms with van der Waals surface area (Å²) in [5.41, 5.74) is 1.29. The summed E-state index contributed by atoms with van der Waals surface area (Å²) in [6.45, 7) is 4.46. The van der Waals surface area contributed by atoms with Gasteiger partial charge in [-0.15, -0.1) is 0 Å². The fourth-order valence-corrected chi connectivity index (χ4v) is 2.67. The SMILES string of the molecule is CC1CC(c2ccccc2Cl)C(C)N1. The second kappa shape index (κ2) is 3.92. The molecule has 0 aromatic heterocycles. The van der Waals surface area contributed by atoms with E-state index >= 15 is 0 Å². The average molecular weight is 210 g/mol. The molecular formula is C12H16ClN. The van der Waals surface area contributed by atoms with Gasteiger partial charge in [0.2, 0.25) is 0 Å². The Balaban J connectivity index is 2.27. The van der Waals surface area contributed by atoms with Gasteiger partial charge in [-0.2, -0.15) is 0 Å². The molecule has 0 amide bonds. The molecule has 1 saturated heterocycles. The highest BCUT2D eigenvalue weighted by Gasteiger charge is 2.30. The van der Waals surface area contributed by atoms with Crippen LogP contribution in [0.3, 0.4) is 0 Å². The third-order valence-electron chi connectivity index (χ3n) is 3.06. The number of rotatable bonds is 1. The van der Waals surface area contributed by atoms with Crippen LogP contribution in [0.15, 0.2) is 24.3 Å². The molecule has 1 aromatic carbocycles. The Hall–Kier alpha value is -0.530. The Kier molecular flexibility index (Phi) is 2.80. The lowest BCUT2D eigenvalue weighted by Crippen LogP contribution is -2.26. The first-order valence-electron chi connectivity index (χ1n) is 5.19. The number of hydrogen-bond donors (Lipinski definition) is 1. The molecule has 76 valence electrons. The minimum absolute atomic E-state index is 0.532. The summed E-state index contributed by atoms with van der Waals surface area (Å²) >= 11 is 6.19. The summed E-state index contributed by atoms with van der Waals surface area (Å²) in [5.74, 6) is 0.568. The molecule has 14 heavy (non-hydrogen) atoms. The van der Waals surface area contributed by atoms with Gasteiger partial charge < -0.3 is 5.32 Å². The van der Waals surface area contributed by atoms with E-state index in [-0.39, 0.29) is 0 Å². The Bertz CT molecular complexity index is 324. The number of halogens is 1. The van der Waals surface area contributed by atoms with Crippen LogP contribution in [0, 0.1) is 0 Å². The normalized spacial score (nSPS) is 32.1. The summed E-state index contributed by atoms with van der Waals surface area (Å²) in [6, 6.07) is 9.31. The van der Waals surface area contributed by atoms with Gasteiger partial charge in [0, 0.05) is 23.0 Å². The second-order valence-corrected chi connectivity index (χ2v) is 4.63. The van der Waals surface area contributed by atoms with Crippen LogP contribution >= 0.6 is 11.6 Å². The van der Waals surface area contributed by atoms with E-state index in [1.807, 2.05) is 12.1 Å². The van der Waals surface area contributed by atoms with Crippen LogP contribution < -0.4 is 5.32 Å². The molecule has 1 nitrogen and oxygen atoms in total. The van der Waals surface area contributed by atoms with Crippen molar-refractivity contribution in [1.29, 1.82) is 0 Å². The van der Waals surface area contributed by atoms with Crippen molar-refractivity contribution in [2.24, 2.45) is 0 Å². The average Bonchev–Trinajstić information content (AvgIpc) is 2.46. The molecule has 0 aliphatic carbocycles. The van der Waals surface area contributed by atoms with E-state index in [2.05, 4.69) is 31.3 Å². The van der Waals surface area contributed by atoms with E-state index in [0.717, 1.165) is 5.02 Å². The van der Waals surface area contributed by atoms with Gasteiger partial charge in [0.25, 0.3) is 0 Å². The fraction of sp³-hybridized carbons (Fsp3) is 0.500. The Morgan fingerprint density at radius 3 is 2.57 bits per heavy atom. The first-order chi connectivity index (χ1) is 6.68. The molecule has 2 heteroatoms. The smallest absolute Gasteiger partial charge is 0.0441 e. The van der Waals surface area contributed by atoms with Crippen molar-refractivity contribution >= 4 is 11.6 Å². The molecule has 1 heterocycles. The van der Waals surface area contributed by atoms with Crippen LogP contribution in [0.1, 0.15) is 31.7 Å². The van der Waals surface area contributed by atoms with E-state index in [9.17, 15) is 0 Å². The first-order valence-corrected chi connectivity index (χ1v) is 5.56. The molecule has 2 rings (SSSR count). The highest BCUT2D eigenvalue weighted by atomic mass is 35.5. The van der Waals surface area contributed by atoms with Crippen LogP contribution in [0.4, 0.5) is 0 Å². The maximum Gasteiger partial charge on any atom is 0.0441 e. The molecule has 1 N–H and O–H groups in total. The van der Waals surface area contributed by atoms with Crippen LogP contribution in [-0.4, -0.2) is 12.1 Å². The maximum absolute atomic E-state index is 6.19. The minimum atomic E-state index is 0.532. The molecule has 1 aliphatic rings. The van der Waals surface area contributed by atoms with E-state index in [4.69, 9.17) is 11.6 Å². The molecule has 3 atom stereocenters. The largest absolute Gasteiger partial charge is 0.311 e. The number of benzene rings is 1. The van der Waals surface area contributed by atoms with E-state index in [0.29, 0.717) is 18.0 Å². The Labute approximate surface area is 90.5 Å². The van der Waals surface area contributed by atoms with Gasteiger partial charge in [-0.05, 0) is 31.9 Å². The van der Waals surface area contributed by atoms with Gasteiger partial charge in [0.05, 0.1) is 0 Å². The molecule has 0 spiro atoms. The number of nitrogens with one attached hydrogen (secondary N) is 1. The molecule has 0 saturated carbocycles. The lowest BCUT2D eigenvalue weighted by Gasteiger charge is -2.16. The topological polar surface area (TPSA) is 12.0 Å². The third kappa shape index (κ3) is 1.79. The zero-order chi connectivity index (χ0) is 10.1. The Morgan fingerprint density at radius 1 is 1.29 bits per heavy atom. The zero-order valence-electron chi connectivity index (χ0n) is 8.63. The number of hydrogen-bond acceptors (Lipinski definition) is 1. The predicted molar refractivity (Wildman–Crippen MR) is 60.9 cm³/mol. The van der Waals surface area contributed by atoms with E-state index in [1.165, 1.54) is 12.0 Å². The first kappa shape index (κ1) is 10.0. The molecular weight excluding hydrogens is 194 g/mol. The van der Waals surface area contributed by atoms with Crippen molar-refractivity contribution in [3.8, 4) is 0 Å². The lowest BCUT2D eigenvalue weighted by molar-refractivity contribution is 0.575.